The average Bonchev–Trinajstić information content (AvgIpc) is 3.52. The van der Waals surface area contributed by atoms with E-state index < -0.39 is 0 Å². The molecule has 1 atom stereocenters. The lowest BCUT2D eigenvalue weighted by molar-refractivity contribution is 0.753. The summed E-state index contributed by atoms with van der Waals surface area (Å²) in [5, 5.41) is 2.48. The van der Waals surface area contributed by atoms with Gasteiger partial charge in [-0.15, -0.1) is 0 Å². The first-order chi connectivity index (χ1) is 24.3. The molecule has 8 aromatic rings. The standard InChI is InChI=1S/C46H33N3/c1-5-13-32(14-6-1)37-23-27-44-40(29-37)41-30-38(33-15-7-2-8-16-33)24-28-45(41)49(44)39-25-21-35(22-26-39)43-31-42(34-17-9-3-10-18-34)47-46(48-43)36-19-11-4-12-20-36/h1-30,43H,31H2. The highest BCUT2D eigenvalue weighted by Crippen LogP contribution is 2.38. The molecule has 0 aliphatic carbocycles. The molecule has 1 aliphatic heterocycles. The van der Waals surface area contributed by atoms with Crippen LogP contribution in [0.3, 0.4) is 0 Å². The Bertz CT molecular complexity index is 2380. The fourth-order valence-electron chi connectivity index (χ4n) is 7.08. The first-order valence-electron chi connectivity index (χ1n) is 16.8. The molecule has 3 heteroatoms. The van der Waals surface area contributed by atoms with Crippen LogP contribution in [0.5, 0.6) is 0 Å². The maximum Gasteiger partial charge on any atom is 0.155 e. The third-order valence-corrected chi connectivity index (χ3v) is 9.56. The number of nitrogens with zero attached hydrogens (tertiary/aromatic N) is 3. The summed E-state index contributed by atoms with van der Waals surface area (Å²) >= 11 is 0. The predicted molar refractivity (Wildman–Crippen MR) is 205 cm³/mol. The summed E-state index contributed by atoms with van der Waals surface area (Å²) in [5.74, 6) is 0.783. The molecule has 232 valence electrons. The quantitative estimate of drug-likeness (QED) is 0.176. The highest BCUT2D eigenvalue weighted by Gasteiger charge is 2.22. The highest BCUT2D eigenvalue weighted by molar-refractivity contribution is 6.14. The molecule has 0 N–H and O–H groups in total. The Balaban J connectivity index is 1.15. The molecule has 0 radical (unpaired) electrons. The first-order valence-corrected chi connectivity index (χ1v) is 16.8. The average molecular weight is 628 g/mol. The van der Waals surface area contributed by atoms with Crippen molar-refractivity contribution in [3.63, 3.8) is 0 Å². The maximum atomic E-state index is 5.19. The molecule has 0 bridgehead atoms. The molecule has 49 heavy (non-hydrogen) atoms. The Morgan fingerprint density at radius 1 is 0.429 bits per heavy atom. The first kappa shape index (κ1) is 28.9. The second kappa shape index (κ2) is 12.4. The van der Waals surface area contributed by atoms with Crippen LogP contribution < -0.4 is 0 Å². The van der Waals surface area contributed by atoms with Crippen molar-refractivity contribution >= 4 is 33.4 Å². The Morgan fingerprint density at radius 2 is 0.898 bits per heavy atom. The van der Waals surface area contributed by atoms with Crippen molar-refractivity contribution in [3.05, 3.63) is 199 Å². The zero-order chi connectivity index (χ0) is 32.6. The van der Waals surface area contributed by atoms with E-state index in [1.54, 1.807) is 0 Å². The molecule has 0 saturated heterocycles. The van der Waals surface area contributed by atoms with Gasteiger partial charge in [-0.1, -0.05) is 146 Å². The van der Waals surface area contributed by atoms with E-state index in [4.69, 9.17) is 9.98 Å². The van der Waals surface area contributed by atoms with Crippen molar-refractivity contribution in [2.45, 2.75) is 12.5 Å². The van der Waals surface area contributed by atoms with Gasteiger partial charge < -0.3 is 4.57 Å². The molecule has 0 amide bonds. The summed E-state index contributed by atoms with van der Waals surface area (Å²) in [6, 6.07) is 64.7. The molecular formula is C46H33N3. The second-order valence-electron chi connectivity index (χ2n) is 12.6. The van der Waals surface area contributed by atoms with Gasteiger partial charge in [0.25, 0.3) is 0 Å². The normalized spacial score (nSPS) is 14.5. The van der Waals surface area contributed by atoms with E-state index in [0.29, 0.717) is 0 Å². The van der Waals surface area contributed by atoms with Gasteiger partial charge in [-0.2, -0.15) is 0 Å². The summed E-state index contributed by atoms with van der Waals surface area (Å²) in [6.07, 6.45) is 0.750. The number of rotatable bonds is 6. The van der Waals surface area contributed by atoms with Crippen LogP contribution in [0.15, 0.2) is 192 Å². The predicted octanol–water partition coefficient (Wildman–Crippen LogP) is 11.5. The topological polar surface area (TPSA) is 29.6 Å². The maximum absolute atomic E-state index is 5.19. The fourth-order valence-corrected chi connectivity index (χ4v) is 7.08. The van der Waals surface area contributed by atoms with Gasteiger partial charge in [0.15, 0.2) is 5.84 Å². The largest absolute Gasteiger partial charge is 0.309 e. The zero-order valence-electron chi connectivity index (χ0n) is 26.9. The summed E-state index contributed by atoms with van der Waals surface area (Å²) in [6.45, 7) is 0. The second-order valence-corrected chi connectivity index (χ2v) is 12.6. The van der Waals surface area contributed by atoms with E-state index in [2.05, 4.69) is 168 Å². The van der Waals surface area contributed by atoms with Crippen molar-refractivity contribution in [3.8, 4) is 27.9 Å². The highest BCUT2D eigenvalue weighted by atomic mass is 15.0. The minimum atomic E-state index is -0.0306. The Hall–Kier alpha value is -6.32. The number of fused-ring (bicyclic) bond motifs is 3. The van der Waals surface area contributed by atoms with Gasteiger partial charge in [-0.25, -0.2) is 4.99 Å². The molecule has 9 rings (SSSR count). The van der Waals surface area contributed by atoms with Crippen molar-refractivity contribution < 1.29 is 0 Å². The fraction of sp³-hybridized carbons (Fsp3) is 0.0435. The van der Waals surface area contributed by atoms with E-state index in [1.165, 1.54) is 49.6 Å². The number of aliphatic imine (C=N–C) groups is 2. The SMILES string of the molecule is c1ccc(C2=NC(c3ccccc3)=NC(c3ccc(-n4c5ccc(-c6ccccc6)cc5c5cc(-c6ccccc6)ccc54)cc3)C2)cc1. The summed E-state index contributed by atoms with van der Waals surface area (Å²) in [7, 11) is 0. The smallest absolute Gasteiger partial charge is 0.155 e. The van der Waals surface area contributed by atoms with Crippen LogP contribution in [0, 0.1) is 0 Å². The Labute approximate surface area is 286 Å². The van der Waals surface area contributed by atoms with E-state index in [1.807, 2.05) is 18.2 Å². The Kier molecular flexibility index (Phi) is 7.29. The minimum absolute atomic E-state index is 0.0306. The summed E-state index contributed by atoms with van der Waals surface area (Å²) in [4.78, 5) is 10.2. The van der Waals surface area contributed by atoms with Gasteiger partial charge in [-0.3, -0.25) is 4.99 Å². The lowest BCUT2D eigenvalue weighted by Crippen LogP contribution is -2.17. The van der Waals surface area contributed by atoms with Crippen LogP contribution in [-0.4, -0.2) is 16.1 Å². The van der Waals surface area contributed by atoms with Crippen LogP contribution in [0.1, 0.15) is 29.2 Å². The van der Waals surface area contributed by atoms with Crippen LogP contribution in [-0.2, 0) is 0 Å². The lowest BCUT2D eigenvalue weighted by Gasteiger charge is -2.22. The zero-order valence-corrected chi connectivity index (χ0v) is 26.9. The molecule has 0 fully saturated rings. The number of amidine groups is 1. The lowest BCUT2D eigenvalue weighted by atomic mass is 9.95. The van der Waals surface area contributed by atoms with Gasteiger partial charge in [0.2, 0.25) is 0 Å². The summed E-state index contributed by atoms with van der Waals surface area (Å²) < 4.78 is 2.40. The van der Waals surface area contributed by atoms with Crippen LogP contribution in [0.25, 0.3) is 49.7 Å². The van der Waals surface area contributed by atoms with Crippen LogP contribution in [0.2, 0.25) is 0 Å². The van der Waals surface area contributed by atoms with Crippen molar-refractivity contribution in [2.75, 3.05) is 0 Å². The van der Waals surface area contributed by atoms with E-state index >= 15 is 0 Å². The monoisotopic (exact) mass is 627 g/mol. The van der Waals surface area contributed by atoms with Crippen LogP contribution >= 0.6 is 0 Å². The number of hydrogen-bond acceptors (Lipinski definition) is 2. The molecule has 3 nitrogen and oxygen atoms in total. The van der Waals surface area contributed by atoms with Crippen molar-refractivity contribution in [1.82, 2.24) is 4.57 Å². The third-order valence-electron chi connectivity index (χ3n) is 9.56. The molecule has 0 spiro atoms. The summed E-state index contributed by atoms with van der Waals surface area (Å²) in [5.41, 5.74) is 12.8. The molecule has 1 aromatic heterocycles. The van der Waals surface area contributed by atoms with Gasteiger partial charge in [0.1, 0.15) is 0 Å². The molecular weight excluding hydrogens is 595 g/mol. The number of benzene rings is 7. The minimum Gasteiger partial charge on any atom is -0.309 e. The van der Waals surface area contributed by atoms with E-state index in [9.17, 15) is 0 Å². The van der Waals surface area contributed by atoms with E-state index in [-0.39, 0.29) is 6.04 Å². The number of aromatic nitrogens is 1. The molecule has 0 saturated carbocycles. The molecule has 2 heterocycles. The van der Waals surface area contributed by atoms with Crippen molar-refractivity contribution in [2.24, 2.45) is 9.98 Å². The van der Waals surface area contributed by atoms with Gasteiger partial charge in [-0.05, 0) is 69.8 Å². The molecule has 1 aliphatic rings. The third kappa shape index (κ3) is 5.46. The van der Waals surface area contributed by atoms with Gasteiger partial charge in [0.05, 0.1) is 22.8 Å². The molecule has 7 aromatic carbocycles. The Morgan fingerprint density at radius 3 is 1.41 bits per heavy atom. The van der Waals surface area contributed by atoms with Crippen molar-refractivity contribution in [1.29, 1.82) is 0 Å². The number of hydrogen-bond donors (Lipinski definition) is 0. The van der Waals surface area contributed by atoms with Gasteiger partial charge in [0, 0.05) is 28.4 Å². The van der Waals surface area contributed by atoms with Crippen LogP contribution in [0.4, 0.5) is 0 Å². The van der Waals surface area contributed by atoms with Gasteiger partial charge >= 0.3 is 0 Å². The molecule has 1 unspecified atom stereocenters. The van der Waals surface area contributed by atoms with E-state index in [0.717, 1.165) is 34.8 Å².